The van der Waals surface area contributed by atoms with Crippen molar-refractivity contribution in [1.82, 2.24) is 4.31 Å². The van der Waals surface area contributed by atoms with E-state index >= 15 is 0 Å². The highest BCUT2D eigenvalue weighted by Gasteiger charge is 2.45. The number of piperidine rings is 1. The molecule has 3 rings (SSSR count). The molecule has 2 saturated heterocycles. The second-order valence-corrected chi connectivity index (χ2v) is 7.32. The lowest BCUT2D eigenvalue weighted by Crippen LogP contribution is -2.51. The zero-order valence-electron chi connectivity index (χ0n) is 9.93. The molecule has 1 saturated carbocycles. The van der Waals surface area contributed by atoms with Crippen molar-refractivity contribution in [3.8, 4) is 0 Å². The molecule has 0 bridgehead atoms. The highest BCUT2D eigenvalue weighted by molar-refractivity contribution is 7.90. The summed E-state index contributed by atoms with van der Waals surface area (Å²) in [5.74, 6) is -0.492. The molecule has 0 radical (unpaired) electrons. The normalized spacial score (nSPS) is 30.6. The van der Waals surface area contributed by atoms with Gasteiger partial charge in [0.1, 0.15) is 0 Å². The molecule has 1 aliphatic carbocycles. The lowest BCUT2D eigenvalue weighted by Gasteiger charge is -2.42. The first-order valence-corrected chi connectivity index (χ1v) is 7.90. The van der Waals surface area contributed by atoms with Gasteiger partial charge in [-0.2, -0.15) is 0 Å². The molecule has 5 nitrogen and oxygen atoms in total. The summed E-state index contributed by atoms with van der Waals surface area (Å²) in [6.07, 6.45) is 3.93. The first-order valence-electron chi connectivity index (χ1n) is 6.39. The minimum Gasteiger partial charge on any atom is -0.350 e. The van der Waals surface area contributed by atoms with Crippen LogP contribution in [-0.4, -0.2) is 50.1 Å². The Hall–Kier alpha value is -0.170. The average molecular weight is 261 g/mol. The van der Waals surface area contributed by atoms with E-state index in [0.29, 0.717) is 25.9 Å². The topological polar surface area (TPSA) is 55.8 Å². The molecular weight excluding hydrogens is 242 g/mol. The molecular formula is C11H19NO4S. The Kier molecular flexibility index (Phi) is 2.93. The number of rotatable bonds is 2. The summed E-state index contributed by atoms with van der Waals surface area (Å²) in [5.41, 5.74) is 0. The van der Waals surface area contributed by atoms with Gasteiger partial charge in [0.2, 0.25) is 10.0 Å². The van der Waals surface area contributed by atoms with Gasteiger partial charge in [-0.1, -0.05) is 0 Å². The summed E-state index contributed by atoms with van der Waals surface area (Å²) in [6, 6.07) is 0. The van der Waals surface area contributed by atoms with Crippen molar-refractivity contribution in [3.63, 3.8) is 0 Å². The maximum absolute atomic E-state index is 12.1. The second kappa shape index (κ2) is 4.19. The molecule has 0 aromatic heterocycles. The SMILES string of the molecule is O=S(=O)(C1CC1)N1CCC2(CC1)OCCCO2. The third-order valence-corrected chi connectivity index (χ3v) is 6.21. The van der Waals surface area contributed by atoms with Crippen LogP contribution < -0.4 is 0 Å². The standard InChI is InChI=1S/C11H19NO4S/c13-17(14,10-2-3-10)12-6-4-11(5-7-12)15-8-1-9-16-11/h10H,1-9H2. The smallest absolute Gasteiger partial charge is 0.216 e. The van der Waals surface area contributed by atoms with Crippen molar-refractivity contribution >= 4 is 10.0 Å². The third-order valence-electron chi connectivity index (χ3n) is 3.81. The van der Waals surface area contributed by atoms with E-state index in [4.69, 9.17) is 9.47 Å². The Morgan fingerprint density at radius 3 is 2.18 bits per heavy atom. The summed E-state index contributed by atoms with van der Waals surface area (Å²) < 4.78 is 37.1. The zero-order chi connectivity index (χ0) is 11.9. The van der Waals surface area contributed by atoms with E-state index < -0.39 is 15.8 Å². The van der Waals surface area contributed by atoms with E-state index in [-0.39, 0.29) is 5.25 Å². The van der Waals surface area contributed by atoms with Gasteiger partial charge in [0.05, 0.1) is 18.5 Å². The minimum absolute atomic E-state index is 0.107. The van der Waals surface area contributed by atoms with Gasteiger partial charge in [-0.05, 0) is 19.3 Å². The van der Waals surface area contributed by atoms with Gasteiger partial charge in [0.25, 0.3) is 0 Å². The van der Waals surface area contributed by atoms with Gasteiger partial charge in [-0.3, -0.25) is 0 Å². The van der Waals surface area contributed by atoms with Crippen LogP contribution in [0.15, 0.2) is 0 Å². The Labute approximate surface area is 102 Å². The van der Waals surface area contributed by atoms with E-state index in [1.165, 1.54) is 0 Å². The third kappa shape index (κ3) is 2.23. The van der Waals surface area contributed by atoms with Crippen LogP contribution in [0.5, 0.6) is 0 Å². The predicted octanol–water partition coefficient (Wildman–Crippen LogP) is 0.708. The Morgan fingerprint density at radius 1 is 1.06 bits per heavy atom. The maximum Gasteiger partial charge on any atom is 0.216 e. The van der Waals surface area contributed by atoms with Crippen LogP contribution in [0, 0.1) is 0 Å². The molecule has 0 atom stereocenters. The van der Waals surface area contributed by atoms with Crippen molar-refractivity contribution < 1.29 is 17.9 Å². The molecule has 6 heteroatoms. The molecule has 98 valence electrons. The Bertz CT molecular complexity index is 374. The molecule has 0 aromatic rings. The molecule has 2 heterocycles. The number of hydrogen-bond acceptors (Lipinski definition) is 4. The van der Waals surface area contributed by atoms with Gasteiger partial charge in [-0.25, -0.2) is 12.7 Å². The van der Waals surface area contributed by atoms with Crippen LogP contribution >= 0.6 is 0 Å². The Balaban J connectivity index is 1.63. The predicted molar refractivity (Wildman–Crippen MR) is 62.0 cm³/mol. The molecule has 3 fully saturated rings. The highest BCUT2D eigenvalue weighted by Crippen LogP contribution is 2.36. The summed E-state index contributed by atoms with van der Waals surface area (Å²) in [6.45, 7) is 2.54. The molecule has 3 aliphatic rings. The summed E-state index contributed by atoms with van der Waals surface area (Å²) in [7, 11) is -3.02. The lowest BCUT2D eigenvalue weighted by atomic mass is 10.0. The quantitative estimate of drug-likeness (QED) is 0.734. The molecule has 0 unspecified atom stereocenters. The molecule has 0 N–H and O–H groups in total. The number of ether oxygens (including phenoxy) is 2. The fourth-order valence-corrected chi connectivity index (χ4v) is 4.41. The van der Waals surface area contributed by atoms with Gasteiger partial charge in [-0.15, -0.1) is 0 Å². The van der Waals surface area contributed by atoms with Crippen molar-refractivity contribution in [2.24, 2.45) is 0 Å². The van der Waals surface area contributed by atoms with Crippen molar-refractivity contribution in [3.05, 3.63) is 0 Å². The van der Waals surface area contributed by atoms with Crippen molar-refractivity contribution in [2.45, 2.75) is 43.1 Å². The fraction of sp³-hybridized carbons (Fsp3) is 1.00. The fourth-order valence-electron chi connectivity index (χ4n) is 2.56. The first kappa shape index (κ1) is 11.9. The van der Waals surface area contributed by atoms with Crippen LogP contribution in [0.1, 0.15) is 32.1 Å². The van der Waals surface area contributed by atoms with Crippen LogP contribution in [0.2, 0.25) is 0 Å². The minimum atomic E-state index is -3.02. The summed E-state index contributed by atoms with van der Waals surface area (Å²) >= 11 is 0. The number of sulfonamides is 1. The molecule has 2 aliphatic heterocycles. The van der Waals surface area contributed by atoms with Gasteiger partial charge >= 0.3 is 0 Å². The van der Waals surface area contributed by atoms with E-state index in [1.54, 1.807) is 4.31 Å². The van der Waals surface area contributed by atoms with Crippen LogP contribution in [0.25, 0.3) is 0 Å². The van der Waals surface area contributed by atoms with Crippen LogP contribution in [0.3, 0.4) is 0 Å². The van der Waals surface area contributed by atoms with E-state index in [0.717, 1.165) is 32.5 Å². The van der Waals surface area contributed by atoms with Gasteiger partial charge in [0.15, 0.2) is 5.79 Å². The average Bonchev–Trinajstić information content (AvgIpc) is 3.15. The van der Waals surface area contributed by atoms with Gasteiger partial charge in [0, 0.05) is 25.9 Å². The van der Waals surface area contributed by atoms with Crippen LogP contribution in [0.4, 0.5) is 0 Å². The molecule has 17 heavy (non-hydrogen) atoms. The highest BCUT2D eigenvalue weighted by atomic mass is 32.2. The molecule has 1 spiro atoms. The largest absolute Gasteiger partial charge is 0.350 e. The van der Waals surface area contributed by atoms with E-state index in [1.807, 2.05) is 0 Å². The Morgan fingerprint density at radius 2 is 1.65 bits per heavy atom. The van der Waals surface area contributed by atoms with Gasteiger partial charge < -0.3 is 9.47 Å². The molecule has 0 aromatic carbocycles. The number of hydrogen-bond donors (Lipinski definition) is 0. The maximum atomic E-state index is 12.1. The van der Waals surface area contributed by atoms with Crippen molar-refractivity contribution in [1.29, 1.82) is 0 Å². The zero-order valence-corrected chi connectivity index (χ0v) is 10.7. The first-order chi connectivity index (χ1) is 8.12. The monoisotopic (exact) mass is 261 g/mol. The number of nitrogens with zero attached hydrogens (tertiary/aromatic N) is 1. The summed E-state index contributed by atoms with van der Waals surface area (Å²) in [4.78, 5) is 0. The van der Waals surface area contributed by atoms with Crippen LogP contribution in [-0.2, 0) is 19.5 Å². The van der Waals surface area contributed by atoms with E-state index in [2.05, 4.69) is 0 Å². The van der Waals surface area contributed by atoms with E-state index in [9.17, 15) is 8.42 Å². The lowest BCUT2D eigenvalue weighted by molar-refractivity contribution is -0.280. The molecule has 0 amide bonds. The second-order valence-electron chi connectivity index (χ2n) is 5.10. The van der Waals surface area contributed by atoms with Crippen molar-refractivity contribution in [2.75, 3.05) is 26.3 Å². The summed E-state index contributed by atoms with van der Waals surface area (Å²) in [5, 5.41) is -0.107.